The summed E-state index contributed by atoms with van der Waals surface area (Å²) >= 11 is 1.19. The van der Waals surface area contributed by atoms with Gasteiger partial charge in [0.15, 0.2) is 5.16 Å². The van der Waals surface area contributed by atoms with Crippen molar-refractivity contribution in [1.82, 2.24) is 14.8 Å². The zero-order chi connectivity index (χ0) is 21.3. The molecule has 2 heterocycles. The van der Waals surface area contributed by atoms with E-state index in [4.69, 9.17) is 14.7 Å². The van der Waals surface area contributed by atoms with Gasteiger partial charge in [0.25, 0.3) is 0 Å². The molecule has 30 heavy (non-hydrogen) atoms. The lowest BCUT2D eigenvalue weighted by atomic mass is 10.2. The van der Waals surface area contributed by atoms with Crippen LogP contribution in [0.5, 0.6) is 5.75 Å². The molecule has 10 heteroatoms. The van der Waals surface area contributed by atoms with Crippen molar-refractivity contribution in [2.24, 2.45) is 0 Å². The van der Waals surface area contributed by atoms with Gasteiger partial charge in [0.05, 0.1) is 37.5 Å². The molecule has 1 saturated heterocycles. The van der Waals surface area contributed by atoms with Crippen LogP contribution in [-0.2, 0) is 16.1 Å². The third-order valence-corrected chi connectivity index (χ3v) is 5.63. The molecular weight excluding hydrogens is 406 g/mol. The Balaban J connectivity index is 1.67. The topological polar surface area (TPSA) is 113 Å². The third kappa shape index (κ3) is 5.64. The van der Waals surface area contributed by atoms with Gasteiger partial charge in [-0.2, -0.15) is 5.26 Å². The molecule has 1 unspecified atom stereocenters. The van der Waals surface area contributed by atoms with Crippen molar-refractivity contribution >= 4 is 23.4 Å². The predicted octanol–water partition coefficient (Wildman–Crippen LogP) is 2.19. The number of ether oxygens (including phenoxy) is 2. The molecule has 1 N–H and O–H groups in total. The molecule has 1 fully saturated rings. The Morgan fingerprint density at radius 3 is 2.93 bits per heavy atom. The molecule has 160 valence electrons. The SMILES string of the molecule is CCOc1ccc(N(CCC#N)C(=O)CSc2n[nH]c(=O)n2CC2CCCO2)cc1. The van der Waals surface area contributed by atoms with Gasteiger partial charge >= 0.3 is 5.69 Å². The minimum atomic E-state index is -0.312. The molecule has 1 aliphatic rings. The number of rotatable bonds is 10. The number of amides is 1. The smallest absolute Gasteiger partial charge is 0.344 e. The molecule has 1 aliphatic heterocycles. The highest BCUT2D eigenvalue weighted by Crippen LogP contribution is 2.23. The number of nitrogens with zero attached hydrogens (tertiary/aromatic N) is 4. The summed E-state index contributed by atoms with van der Waals surface area (Å²) in [5.74, 6) is 0.644. The summed E-state index contributed by atoms with van der Waals surface area (Å²) in [7, 11) is 0. The lowest BCUT2D eigenvalue weighted by molar-refractivity contribution is -0.116. The Kier molecular flexibility index (Phi) is 7.93. The van der Waals surface area contributed by atoms with Crippen molar-refractivity contribution in [3.05, 3.63) is 34.7 Å². The van der Waals surface area contributed by atoms with E-state index < -0.39 is 0 Å². The number of hydrogen-bond donors (Lipinski definition) is 1. The first-order valence-corrected chi connectivity index (χ1v) is 10.9. The zero-order valence-electron chi connectivity index (χ0n) is 16.9. The summed E-state index contributed by atoms with van der Waals surface area (Å²) in [6.07, 6.45) is 2.09. The normalized spacial score (nSPS) is 15.7. The van der Waals surface area contributed by atoms with Crippen LogP contribution < -0.4 is 15.3 Å². The van der Waals surface area contributed by atoms with Gasteiger partial charge in [0.2, 0.25) is 5.91 Å². The summed E-state index contributed by atoms with van der Waals surface area (Å²) in [6.45, 7) is 3.87. The monoisotopic (exact) mass is 431 g/mol. The average molecular weight is 432 g/mol. The number of nitriles is 1. The molecule has 0 saturated carbocycles. The number of hydrogen-bond acceptors (Lipinski definition) is 7. The molecule has 1 aromatic heterocycles. The number of thioether (sulfide) groups is 1. The first-order valence-electron chi connectivity index (χ1n) is 9.92. The second-order valence-electron chi connectivity index (χ2n) is 6.73. The van der Waals surface area contributed by atoms with E-state index in [2.05, 4.69) is 16.3 Å². The summed E-state index contributed by atoms with van der Waals surface area (Å²) < 4.78 is 12.6. The summed E-state index contributed by atoms with van der Waals surface area (Å²) in [4.78, 5) is 26.6. The van der Waals surface area contributed by atoms with Crippen molar-refractivity contribution in [1.29, 1.82) is 5.26 Å². The quantitative estimate of drug-likeness (QED) is 0.574. The fraction of sp³-hybridized carbons (Fsp3) is 0.500. The Morgan fingerprint density at radius 2 is 2.27 bits per heavy atom. The number of H-pyrrole nitrogens is 1. The highest BCUT2D eigenvalue weighted by molar-refractivity contribution is 7.99. The fourth-order valence-corrected chi connectivity index (χ4v) is 4.05. The molecule has 3 rings (SSSR count). The van der Waals surface area contributed by atoms with Gasteiger partial charge < -0.3 is 14.4 Å². The zero-order valence-corrected chi connectivity index (χ0v) is 17.7. The Hall–Kier alpha value is -2.77. The van der Waals surface area contributed by atoms with Crippen molar-refractivity contribution < 1.29 is 14.3 Å². The van der Waals surface area contributed by atoms with E-state index in [1.807, 2.05) is 6.92 Å². The minimum Gasteiger partial charge on any atom is -0.494 e. The number of benzene rings is 1. The number of aromatic amines is 1. The van der Waals surface area contributed by atoms with Crippen molar-refractivity contribution in [3.63, 3.8) is 0 Å². The van der Waals surface area contributed by atoms with Gasteiger partial charge in [-0.25, -0.2) is 9.89 Å². The average Bonchev–Trinajstić information content (AvgIpc) is 3.39. The molecule has 0 spiro atoms. The van der Waals surface area contributed by atoms with Crippen LogP contribution >= 0.6 is 11.8 Å². The first-order chi connectivity index (χ1) is 14.6. The van der Waals surface area contributed by atoms with E-state index in [0.717, 1.165) is 18.6 Å². The maximum atomic E-state index is 12.9. The van der Waals surface area contributed by atoms with E-state index in [-0.39, 0.29) is 36.4 Å². The van der Waals surface area contributed by atoms with E-state index >= 15 is 0 Å². The minimum absolute atomic E-state index is 0.00803. The Labute approximate surface area is 179 Å². The second-order valence-corrected chi connectivity index (χ2v) is 7.67. The lowest BCUT2D eigenvalue weighted by Crippen LogP contribution is -2.33. The molecule has 0 bridgehead atoms. The van der Waals surface area contributed by atoms with Crippen LogP contribution in [0.2, 0.25) is 0 Å². The Morgan fingerprint density at radius 1 is 1.47 bits per heavy atom. The van der Waals surface area contributed by atoms with Crippen LogP contribution in [0.15, 0.2) is 34.2 Å². The predicted molar refractivity (Wildman–Crippen MR) is 113 cm³/mol. The molecule has 0 aliphatic carbocycles. The highest BCUT2D eigenvalue weighted by Gasteiger charge is 2.21. The van der Waals surface area contributed by atoms with Crippen molar-refractivity contribution in [2.45, 2.75) is 44.0 Å². The maximum Gasteiger partial charge on any atom is 0.344 e. The van der Waals surface area contributed by atoms with E-state index in [1.54, 1.807) is 29.2 Å². The number of carbonyl (C=O) groups is 1. The molecule has 9 nitrogen and oxygen atoms in total. The number of nitrogens with one attached hydrogen (secondary N) is 1. The van der Waals surface area contributed by atoms with Crippen molar-refractivity contribution in [3.8, 4) is 11.8 Å². The number of anilines is 1. The molecule has 1 aromatic carbocycles. The summed E-state index contributed by atoms with van der Waals surface area (Å²) in [5, 5.41) is 15.9. The molecule has 1 amide bonds. The van der Waals surface area contributed by atoms with Crippen LogP contribution in [0.25, 0.3) is 0 Å². The van der Waals surface area contributed by atoms with Crippen LogP contribution in [0.3, 0.4) is 0 Å². The summed E-state index contributed by atoms with van der Waals surface area (Å²) in [6, 6.07) is 9.27. The molecular formula is C20H25N5O4S. The maximum absolute atomic E-state index is 12.9. The van der Waals surface area contributed by atoms with Gasteiger partial charge in [-0.05, 0) is 44.0 Å². The molecule has 2 aromatic rings. The second kappa shape index (κ2) is 10.8. The van der Waals surface area contributed by atoms with E-state index in [0.29, 0.717) is 30.6 Å². The molecule has 0 radical (unpaired) electrons. The van der Waals surface area contributed by atoms with Crippen molar-refractivity contribution in [2.75, 3.05) is 30.4 Å². The summed E-state index contributed by atoms with van der Waals surface area (Å²) in [5.41, 5.74) is 0.381. The fourth-order valence-electron chi connectivity index (χ4n) is 3.22. The Bertz CT molecular complexity index is 928. The van der Waals surface area contributed by atoms with Crippen LogP contribution in [-0.4, -0.2) is 52.3 Å². The highest BCUT2D eigenvalue weighted by atomic mass is 32.2. The van der Waals surface area contributed by atoms with Gasteiger partial charge in [-0.1, -0.05) is 11.8 Å². The third-order valence-electron chi connectivity index (χ3n) is 4.67. The van der Waals surface area contributed by atoms with E-state index in [9.17, 15) is 9.59 Å². The number of carbonyl (C=O) groups excluding carboxylic acids is 1. The van der Waals surface area contributed by atoms with Crippen LogP contribution in [0.1, 0.15) is 26.2 Å². The van der Waals surface area contributed by atoms with Crippen LogP contribution in [0.4, 0.5) is 5.69 Å². The van der Waals surface area contributed by atoms with E-state index in [1.165, 1.54) is 16.3 Å². The van der Waals surface area contributed by atoms with Gasteiger partial charge in [-0.3, -0.25) is 9.36 Å². The van der Waals surface area contributed by atoms with Gasteiger partial charge in [0, 0.05) is 18.8 Å². The first kappa shape index (κ1) is 21.9. The molecule has 1 atom stereocenters. The van der Waals surface area contributed by atoms with Crippen LogP contribution in [0, 0.1) is 11.3 Å². The van der Waals surface area contributed by atoms with Gasteiger partial charge in [0.1, 0.15) is 5.75 Å². The largest absolute Gasteiger partial charge is 0.494 e. The van der Waals surface area contributed by atoms with Gasteiger partial charge in [-0.15, -0.1) is 5.10 Å². The number of aromatic nitrogens is 3. The lowest BCUT2D eigenvalue weighted by Gasteiger charge is -2.22. The standard InChI is InChI=1S/C20H25N5O4S/c1-2-28-16-8-6-15(7-9-16)24(11-4-10-21)18(26)14-30-20-23-22-19(27)25(20)13-17-5-3-12-29-17/h6-9,17H,2-5,11-14H2,1H3,(H,22,27).